The molecule has 6 heteroatoms. The number of carboxylic acids is 1. The third-order valence-electron chi connectivity index (χ3n) is 3.46. The zero-order valence-electron chi connectivity index (χ0n) is 11.1. The molecular weight excluding hydrogens is 282 g/mol. The Morgan fingerprint density at radius 1 is 1.50 bits per heavy atom. The minimum atomic E-state index is -0.948. The van der Waals surface area contributed by atoms with Gasteiger partial charge in [-0.3, -0.25) is 4.79 Å². The molecule has 5 nitrogen and oxygen atoms in total. The van der Waals surface area contributed by atoms with Gasteiger partial charge in [0.2, 0.25) is 5.91 Å². The van der Waals surface area contributed by atoms with E-state index in [-0.39, 0.29) is 12.3 Å². The van der Waals surface area contributed by atoms with Gasteiger partial charge in [0.05, 0.1) is 13.5 Å². The smallest absolute Gasteiger partial charge is 0.326 e. The van der Waals surface area contributed by atoms with E-state index in [0.29, 0.717) is 29.3 Å². The van der Waals surface area contributed by atoms with E-state index in [2.05, 4.69) is 0 Å². The van der Waals surface area contributed by atoms with Gasteiger partial charge in [0.15, 0.2) is 0 Å². The molecule has 1 heterocycles. The number of aliphatic carboxylic acids is 1. The summed E-state index contributed by atoms with van der Waals surface area (Å²) in [6.45, 7) is 0.490. The molecule has 108 valence electrons. The minimum absolute atomic E-state index is 0.104. The van der Waals surface area contributed by atoms with Crippen molar-refractivity contribution in [1.29, 1.82) is 0 Å². The first-order chi connectivity index (χ1) is 9.52. The number of halogens is 1. The van der Waals surface area contributed by atoms with Crippen LogP contribution in [-0.4, -0.2) is 41.6 Å². The fourth-order valence-electron chi connectivity index (χ4n) is 2.38. The van der Waals surface area contributed by atoms with E-state index in [4.69, 9.17) is 21.4 Å². The topological polar surface area (TPSA) is 66.8 Å². The molecule has 0 aliphatic carbocycles. The van der Waals surface area contributed by atoms with Gasteiger partial charge >= 0.3 is 5.97 Å². The number of nitrogens with zero attached hydrogens (tertiary/aromatic N) is 1. The van der Waals surface area contributed by atoms with Crippen molar-refractivity contribution < 1.29 is 19.4 Å². The number of ether oxygens (including phenoxy) is 1. The van der Waals surface area contributed by atoms with E-state index in [0.717, 1.165) is 6.42 Å². The number of carbonyl (C=O) groups excluding carboxylic acids is 1. The lowest BCUT2D eigenvalue weighted by atomic mass is 10.1. The molecule has 0 radical (unpaired) electrons. The molecule has 1 aliphatic rings. The fourth-order valence-corrected chi connectivity index (χ4v) is 2.62. The van der Waals surface area contributed by atoms with E-state index < -0.39 is 12.0 Å². The molecule has 1 atom stereocenters. The van der Waals surface area contributed by atoms with E-state index in [1.54, 1.807) is 18.2 Å². The number of carbonyl (C=O) groups is 2. The van der Waals surface area contributed by atoms with Crippen molar-refractivity contribution in [2.45, 2.75) is 25.3 Å². The van der Waals surface area contributed by atoms with E-state index in [1.165, 1.54) is 12.0 Å². The zero-order chi connectivity index (χ0) is 14.7. The van der Waals surface area contributed by atoms with Crippen LogP contribution in [0.2, 0.25) is 5.02 Å². The standard InChI is InChI=1S/C14H16ClNO4/c1-20-10-5-4-9(11(15)8-10)7-13(17)16-6-2-3-12(16)14(18)19/h4-5,8,12H,2-3,6-7H2,1H3,(H,18,19)/t12-/m1/s1. The van der Waals surface area contributed by atoms with Crippen LogP contribution >= 0.6 is 11.6 Å². The molecule has 2 rings (SSSR count). The predicted octanol–water partition coefficient (Wildman–Crippen LogP) is 1.97. The van der Waals surface area contributed by atoms with Crippen LogP contribution in [0.4, 0.5) is 0 Å². The molecule has 1 fully saturated rings. The maximum absolute atomic E-state index is 12.2. The Bertz CT molecular complexity index is 532. The maximum atomic E-state index is 12.2. The van der Waals surface area contributed by atoms with Gasteiger partial charge in [0.25, 0.3) is 0 Å². The van der Waals surface area contributed by atoms with Crippen molar-refractivity contribution in [2.75, 3.05) is 13.7 Å². The average Bonchev–Trinajstić information content (AvgIpc) is 2.90. The number of carboxylic acid groups (broad SMARTS) is 1. The number of hydrogen-bond acceptors (Lipinski definition) is 3. The van der Waals surface area contributed by atoms with E-state index in [1.807, 2.05) is 0 Å². The van der Waals surface area contributed by atoms with Crippen LogP contribution in [0.1, 0.15) is 18.4 Å². The Kier molecular flexibility index (Phi) is 4.49. The Labute approximate surface area is 122 Å². The first-order valence-corrected chi connectivity index (χ1v) is 6.75. The molecule has 1 aromatic carbocycles. The Morgan fingerprint density at radius 3 is 2.85 bits per heavy atom. The zero-order valence-corrected chi connectivity index (χ0v) is 11.9. The molecule has 1 N–H and O–H groups in total. The van der Waals surface area contributed by atoms with Crippen molar-refractivity contribution >= 4 is 23.5 Å². The van der Waals surface area contributed by atoms with Crippen molar-refractivity contribution in [3.05, 3.63) is 28.8 Å². The maximum Gasteiger partial charge on any atom is 0.326 e. The van der Waals surface area contributed by atoms with Gasteiger partial charge in [-0.15, -0.1) is 0 Å². The molecule has 0 saturated carbocycles. The molecule has 1 amide bonds. The Balaban J connectivity index is 2.10. The van der Waals surface area contributed by atoms with Gasteiger partial charge in [-0.05, 0) is 30.5 Å². The second kappa shape index (κ2) is 6.13. The summed E-state index contributed by atoms with van der Waals surface area (Å²) in [6.07, 6.45) is 1.34. The largest absolute Gasteiger partial charge is 0.497 e. The van der Waals surface area contributed by atoms with Gasteiger partial charge in [-0.1, -0.05) is 17.7 Å². The third-order valence-corrected chi connectivity index (χ3v) is 3.81. The van der Waals surface area contributed by atoms with Gasteiger partial charge in [-0.25, -0.2) is 4.79 Å². The molecule has 0 aromatic heterocycles. The van der Waals surface area contributed by atoms with Crippen LogP contribution < -0.4 is 4.74 Å². The highest BCUT2D eigenvalue weighted by Crippen LogP contribution is 2.25. The highest BCUT2D eigenvalue weighted by Gasteiger charge is 2.33. The number of amides is 1. The van der Waals surface area contributed by atoms with Crippen LogP contribution in [0.5, 0.6) is 5.75 Å². The summed E-state index contributed by atoms with van der Waals surface area (Å²) in [5.74, 6) is -0.533. The molecule has 1 aliphatic heterocycles. The highest BCUT2D eigenvalue weighted by molar-refractivity contribution is 6.31. The predicted molar refractivity (Wildman–Crippen MR) is 74.1 cm³/mol. The summed E-state index contributed by atoms with van der Waals surface area (Å²) in [6, 6.07) is 4.39. The molecule has 1 aromatic rings. The average molecular weight is 298 g/mol. The third kappa shape index (κ3) is 3.04. The second-order valence-corrected chi connectivity index (χ2v) is 5.12. The number of hydrogen-bond donors (Lipinski definition) is 1. The summed E-state index contributed by atoms with van der Waals surface area (Å²) < 4.78 is 5.05. The molecule has 20 heavy (non-hydrogen) atoms. The number of benzene rings is 1. The van der Waals surface area contributed by atoms with Crippen LogP contribution in [0.15, 0.2) is 18.2 Å². The van der Waals surface area contributed by atoms with Gasteiger partial charge in [0, 0.05) is 11.6 Å². The molecular formula is C14H16ClNO4. The fraction of sp³-hybridized carbons (Fsp3) is 0.429. The van der Waals surface area contributed by atoms with Crippen molar-refractivity contribution in [3.63, 3.8) is 0 Å². The monoisotopic (exact) mass is 297 g/mol. The van der Waals surface area contributed by atoms with Crippen molar-refractivity contribution in [1.82, 2.24) is 4.90 Å². The normalized spacial score (nSPS) is 18.1. The molecule has 0 unspecified atom stereocenters. The summed E-state index contributed by atoms with van der Waals surface area (Å²) >= 11 is 6.09. The highest BCUT2D eigenvalue weighted by atomic mass is 35.5. The van der Waals surface area contributed by atoms with Crippen LogP contribution in [0.25, 0.3) is 0 Å². The van der Waals surface area contributed by atoms with Gasteiger partial charge in [0.1, 0.15) is 11.8 Å². The SMILES string of the molecule is COc1ccc(CC(=O)N2CCC[C@@H]2C(=O)O)c(Cl)c1. The second-order valence-electron chi connectivity index (χ2n) is 4.72. The van der Waals surface area contributed by atoms with Gasteiger partial charge in [-0.2, -0.15) is 0 Å². The summed E-state index contributed by atoms with van der Waals surface area (Å²) in [5, 5.41) is 9.53. The molecule has 0 spiro atoms. The van der Waals surface area contributed by atoms with Crippen LogP contribution in [-0.2, 0) is 16.0 Å². The van der Waals surface area contributed by atoms with Crippen LogP contribution in [0, 0.1) is 0 Å². The van der Waals surface area contributed by atoms with E-state index in [9.17, 15) is 9.59 Å². The number of methoxy groups -OCH3 is 1. The lowest BCUT2D eigenvalue weighted by Gasteiger charge is -2.21. The quantitative estimate of drug-likeness (QED) is 0.922. The van der Waals surface area contributed by atoms with E-state index >= 15 is 0 Å². The first-order valence-electron chi connectivity index (χ1n) is 6.37. The van der Waals surface area contributed by atoms with Crippen molar-refractivity contribution in [3.8, 4) is 5.75 Å². The Morgan fingerprint density at radius 2 is 2.25 bits per heavy atom. The lowest BCUT2D eigenvalue weighted by Crippen LogP contribution is -2.41. The summed E-state index contributed by atoms with van der Waals surface area (Å²) in [5.41, 5.74) is 0.675. The molecule has 1 saturated heterocycles. The summed E-state index contributed by atoms with van der Waals surface area (Å²) in [4.78, 5) is 24.7. The van der Waals surface area contributed by atoms with Crippen molar-refractivity contribution in [2.24, 2.45) is 0 Å². The van der Waals surface area contributed by atoms with Gasteiger partial charge < -0.3 is 14.7 Å². The Hall–Kier alpha value is -1.75. The summed E-state index contributed by atoms with van der Waals surface area (Å²) in [7, 11) is 1.54. The minimum Gasteiger partial charge on any atom is -0.497 e. The number of rotatable bonds is 4. The first kappa shape index (κ1) is 14.7. The molecule has 0 bridgehead atoms. The lowest BCUT2D eigenvalue weighted by molar-refractivity contribution is -0.148. The number of likely N-dealkylation sites (tertiary alicyclic amines) is 1. The van der Waals surface area contributed by atoms with Crippen LogP contribution in [0.3, 0.4) is 0 Å².